The quantitative estimate of drug-likeness (QED) is 0.0865. The van der Waals surface area contributed by atoms with Crippen molar-refractivity contribution in [3.05, 3.63) is 0 Å². The van der Waals surface area contributed by atoms with Crippen molar-refractivity contribution in [3.63, 3.8) is 0 Å². The number of esters is 1. The second-order valence-electron chi connectivity index (χ2n) is 9.11. The number of hydrogen-bond donors (Lipinski definition) is 0. The van der Waals surface area contributed by atoms with E-state index in [1.807, 2.05) is 6.92 Å². The standard InChI is InChI=1S/C28H56O5/c1-3-5-6-7-8-9-10-11-12-13-14-15-16-17-18-19-21-30-22-23-31-24-25-32-26-27-33-28(29)20-4-2/h3-27H2,1-2H3. The molecule has 0 heterocycles. The molecule has 0 N–H and O–H groups in total. The lowest BCUT2D eigenvalue weighted by molar-refractivity contribution is -0.145. The number of carbonyl (C=O) groups is 1. The Labute approximate surface area is 205 Å². The summed E-state index contributed by atoms with van der Waals surface area (Å²) in [6.07, 6.45) is 23.5. The molecule has 0 aromatic rings. The molecule has 0 radical (unpaired) electrons. The van der Waals surface area contributed by atoms with E-state index < -0.39 is 0 Å². The van der Waals surface area contributed by atoms with Gasteiger partial charge in [0.1, 0.15) is 6.61 Å². The largest absolute Gasteiger partial charge is 0.463 e. The zero-order valence-corrected chi connectivity index (χ0v) is 22.2. The SMILES string of the molecule is CCCCCCCCCCCCCCCCCCOCCOCCOCCOC(=O)CCC. The third-order valence-corrected chi connectivity index (χ3v) is 5.83. The van der Waals surface area contributed by atoms with E-state index >= 15 is 0 Å². The Kier molecular flexibility index (Phi) is 28.8. The van der Waals surface area contributed by atoms with Crippen LogP contribution >= 0.6 is 0 Å². The zero-order valence-electron chi connectivity index (χ0n) is 22.2. The molecule has 0 aromatic carbocycles. The molecule has 0 fully saturated rings. The summed E-state index contributed by atoms with van der Waals surface area (Å²) in [5.41, 5.74) is 0. The van der Waals surface area contributed by atoms with E-state index in [1.54, 1.807) is 0 Å². The minimum atomic E-state index is -0.154. The highest BCUT2D eigenvalue weighted by molar-refractivity contribution is 5.69. The van der Waals surface area contributed by atoms with Crippen molar-refractivity contribution in [2.75, 3.05) is 46.2 Å². The molecule has 0 amide bonds. The maximum absolute atomic E-state index is 11.2. The summed E-state index contributed by atoms with van der Waals surface area (Å²) in [5.74, 6) is -0.154. The Morgan fingerprint density at radius 3 is 1.21 bits per heavy atom. The topological polar surface area (TPSA) is 54.0 Å². The fraction of sp³-hybridized carbons (Fsp3) is 0.964. The van der Waals surface area contributed by atoms with Crippen LogP contribution in [0.3, 0.4) is 0 Å². The highest BCUT2D eigenvalue weighted by Crippen LogP contribution is 2.13. The van der Waals surface area contributed by atoms with Crippen LogP contribution in [0.15, 0.2) is 0 Å². The van der Waals surface area contributed by atoms with Gasteiger partial charge in [0.15, 0.2) is 0 Å². The van der Waals surface area contributed by atoms with Crippen LogP contribution in [-0.2, 0) is 23.7 Å². The summed E-state index contributed by atoms with van der Waals surface area (Å²) < 4.78 is 21.5. The van der Waals surface area contributed by atoms with E-state index in [0.29, 0.717) is 46.1 Å². The lowest BCUT2D eigenvalue weighted by atomic mass is 10.0. The van der Waals surface area contributed by atoms with E-state index in [-0.39, 0.29) is 5.97 Å². The molecule has 0 aliphatic carbocycles. The van der Waals surface area contributed by atoms with Gasteiger partial charge in [-0.1, -0.05) is 110 Å². The first-order valence-corrected chi connectivity index (χ1v) is 14.2. The number of hydrogen-bond acceptors (Lipinski definition) is 5. The summed E-state index contributed by atoms with van der Waals surface area (Å²) in [5, 5.41) is 0. The maximum Gasteiger partial charge on any atom is 0.305 e. The second-order valence-corrected chi connectivity index (χ2v) is 9.11. The third kappa shape index (κ3) is 29.3. The molecule has 0 bridgehead atoms. The molecular formula is C28H56O5. The zero-order chi connectivity index (χ0) is 24.1. The van der Waals surface area contributed by atoms with Gasteiger partial charge in [0.25, 0.3) is 0 Å². The van der Waals surface area contributed by atoms with Gasteiger partial charge in [0.2, 0.25) is 0 Å². The molecule has 33 heavy (non-hydrogen) atoms. The molecule has 0 saturated carbocycles. The van der Waals surface area contributed by atoms with Crippen LogP contribution in [0.25, 0.3) is 0 Å². The van der Waals surface area contributed by atoms with E-state index in [2.05, 4.69) is 6.92 Å². The Bertz CT molecular complexity index is 375. The molecule has 0 aliphatic rings. The molecule has 5 heteroatoms. The van der Waals surface area contributed by atoms with Crippen LogP contribution in [0.4, 0.5) is 0 Å². The van der Waals surface area contributed by atoms with Gasteiger partial charge in [-0.2, -0.15) is 0 Å². The molecule has 5 nitrogen and oxygen atoms in total. The number of carbonyl (C=O) groups excluding carboxylic acids is 1. The van der Waals surface area contributed by atoms with E-state index in [4.69, 9.17) is 18.9 Å². The number of unbranched alkanes of at least 4 members (excludes halogenated alkanes) is 15. The summed E-state index contributed by atoms with van der Waals surface area (Å²) in [7, 11) is 0. The predicted octanol–water partition coefficient (Wildman–Crippen LogP) is 7.64. The van der Waals surface area contributed by atoms with Crippen LogP contribution in [0.1, 0.15) is 129 Å². The third-order valence-electron chi connectivity index (χ3n) is 5.83. The fourth-order valence-corrected chi connectivity index (χ4v) is 3.78. The Hall–Kier alpha value is -0.650. The Morgan fingerprint density at radius 2 is 0.788 bits per heavy atom. The highest BCUT2D eigenvalue weighted by atomic mass is 16.6. The molecule has 0 rings (SSSR count). The van der Waals surface area contributed by atoms with E-state index in [0.717, 1.165) is 19.4 Å². The molecule has 0 spiro atoms. The lowest BCUT2D eigenvalue weighted by Gasteiger charge is -2.07. The van der Waals surface area contributed by atoms with Gasteiger partial charge in [-0.15, -0.1) is 0 Å². The van der Waals surface area contributed by atoms with Gasteiger partial charge in [0.05, 0.1) is 33.0 Å². The minimum Gasteiger partial charge on any atom is -0.463 e. The first-order chi connectivity index (χ1) is 16.3. The van der Waals surface area contributed by atoms with Crippen LogP contribution < -0.4 is 0 Å². The van der Waals surface area contributed by atoms with Crippen LogP contribution in [0, 0.1) is 0 Å². The van der Waals surface area contributed by atoms with Crippen molar-refractivity contribution >= 4 is 5.97 Å². The number of rotatable bonds is 28. The summed E-state index contributed by atoms with van der Waals surface area (Å²) >= 11 is 0. The van der Waals surface area contributed by atoms with E-state index in [9.17, 15) is 4.79 Å². The van der Waals surface area contributed by atoms with Crippen LogP contribution in [0.5, 0.6) is 0 Å². The molecule has 0 unspecified atom stereocenters. The van der Waals surface area contributed by atoms with Crippen molar-refractivity contribution in [2.45, 2.75) is 129 Å². The maximum atomic E-state index is 11.2. The molecular weight excluding hydrogens is 416 g/mol. The normalized spacial score (nSPS) is 11.2. The van der Waals surface area contributed by atoms with Gasteiger partial charge in [-0.05, 0) is 12.8 Å². The molecule has 0 aromatic heterocycles. The average Bonchev–Trinajstić information content (AvgIpc) is 2.81. The molecule has 198 valence electrons. The Balaban J connectivity index is 3.03. The average molecular weight is 473 g/mol. The minimum absolute atomic E-state index is 0.154. The number of ether oxygens (including phenoxy) is 4. The summed E-state index contributed by atoms with van der Waals surface area (Å²) in [6.45, 7) is 8.14. The first kappa shape index (κ1) is 32.4. The summed E-state index contributed by atoms with van der Waals surface area (Å²) in [4.78, 5) is 11.2. The van der Waals surface area contributed by atoms with Gasteiger partial charge in [-0.25, -0.2) is 0 Å². The van der Waals surface area contributed by atoms with Gasteiger partial charge in [0, 0.05) is 13.0 Å². The van der Waals surface area contributed by atoms with Crippen molar-refractivity contribution in [2.24, 2.45) is 0 Å². The predicted molar refractivity (Wildman–Crippen MR) is 138 cm³/mol. The van der Waals surface area contributed by atoms with Crippen LogP contribution in [0.2, 0.25) is 0 Å². The Morgan fingerprint density at radius 1 is 0.424 bits per heavy atom. The smallest absolute Gasteiger partial charge is 0.305 e. The van der Waals surface area contributed by atoms with Crippen molar-refractivity contribution in [3.8, 4) is 0 Å². The van der Waals surface area contributed by atoms with E-state index in [1.165, 1.54) is 96.3 Å². The second kappa shape index (κ2) is 29.4. The van der Waals surface area contributed by atoms with Crippen LogP contribution in [-0.4, -0.2) is 52.2 Å². The van der Waals surface area contributed by atoms with Crippen molar-refractivity contribution < 1.29 is 23.7 Å². The molecule has 0 aliphatic heterocycles. The van der Waals surface area contributed by atoms with Gasteiger partial charge in [-0.3, -0.25) is 4.79 Å². The lowest BCUT2D eigenvalue weighted by Crippen LogP contribution is -2.13. The first-order valence-electron chi connectivity index (χ1n) is 14.2. The van der Waals surface area contributed by atoms with Gasteiger partial charge >= 0.3 is 5.97 Å². The highest BCUT2D eigenvalue weighted by Gasteiger charge is 2.00. The molecule has 0 atom stereocenters. The van der Waals surface area contributed by atoms with Gasteiger partial charge < -0.3 is 18.9 Å². The summed E-state index contributed by atoms with van der Waals surface area (Å²) in [6, 6.07) is 0. The molecule has 0 saturated heterocycles. The van der Waals surface area contributed by atoms with Crippen molar-refractivity contribution in [1.29, 1.82) is 0 Å². The monoisotopic (exact) mass is 472 g/mol. The van der Waals surface area contributed by atoms with Crippen molar-refractivity contribution in [1.82, 2.24) is 0 Å². The fourth-order valence-electron chi connectivity index (χ4n) is 3.78.